The Bertz CT molecular complexity index is 1300. The molecule has 1 saturated carbocycles. The van der Waals surface area contributed by atoms with E-state index in [1.165, 1.54) is 11.1 Å². The molecule has 3 aromatic carbocycles. The van der Waals surface area contributed by atoms with E-state index in [0.717, 1.165) is 58.9 Å². The number of ether oxygens (including phenoxy) is 3. The smallest absolute Gasteiger partial charge is 0.161 e. The van der Waals surface area contributed by atoms with Crippen LogP contribution in [0.3, 0.4) is 0 Å². The highest BCUT2D eigenvalue weighted by Crippen LogP contribution is 2.49. The maximum Gasteiger partial charge on any atom is 0.161 e. The highest BCUT2D eigenvalue weighted by Gasteiger charge is 2.38. The summed E-state index contributed by atoms with van der Waals surface area (Å²) in [6, 6.07) is 20.9. The third-order valence-corrected chi connectivity index (χ3v) is 7.45. The van der Waals surface area contributed by atoms with Gasteiger partial charge < -0.3 is 14.2 Å². The van der Waals surface area contributed by atoms with Crippen LogP contribution in [0.5, 0.6) is 17.2 Å². The molecule has 0 radical (unpaired) electrons. The van der Waals surface area contributed by atoms with Crippen LogP contribution in [0.4, 0.5) is 0 Å². The van der Waals surface area contributed by atoms with Crippen molar-refractivity contribution in [2.45, 2.75) is 43.7 Å². The van der Waals surface area contributed by atoms with Gasteiger partial charge in [-0.1, -0.05) is 43.3 Å². The van der Waals surface area contributed by atoms with Crippen molar-refractivity contribution >= 4 is 11.9 Å². The van der Waals surface area contributed by atoms with Gasteiger partial charge in [-0.2, -0.15) is 0 Å². The Kier molecular flexibility index (Phi) is 7.47. The monoisotopic (exact) mass is 498 g/mol. The van der Waals surface area contributed by atoms with Crippen molar-refractivity contribution in [3.05, 3.63) is 95.1 Å². The minimum absolute atomic E-state index is 0.264. The molecule has 1 unspecified atom stereocenters. The van der Waals surface area contributed by atoms with E-state index < -0.39 is 0 Å². The molecule has 1 fully saturated rings. The second-order valence-corrected chi connectivity index (χ2v) is 9.59. The summed E-state index contributed by atoms with van der Waals surface area (Å²) < 4.78 is 16.5. The zero-order valence-electron chi connectivity index (χ0n) is 21.7. The van der Waals surface area contributed by atoms with Crippen LogP contribution in [0.1, 0.15) is 58.9 Å². The normalized spacial score (nSPS) is 19.9. The topological polar surface area (TPSA) is 61.3 Å². The molecule has 5 rings (SSSR count). The molecule has 0 spiro atoms. The van der Waals surface area contributed by atoms with Gasteiger partial charge in [0.1, 0.15) is 5.75 Å². The van der Waals surface area contributed by atoms with Crippen molar-refractivity contribution in [2.75, 3.05) is 21.3 Å². The van der Waals surface area contributed by atoms with Crippen molar-refractivity contribution in [1.82, 2.24) is 5.48 Å². The molecule has 37 heavy (non-hydrogen) atoms. The molecule has 0 amide bonds. The highest BCUT2D eigenvalue weighted by molar-refractivity contribution is 5.85. The number of methoxy groups -OCH3 is 3. The molecule has 1 heterocycles. The zero-order valence-corrected chi connectivity index (χ0v) is 21.7. The number of nitrogens with zero attached hydrogens (tertiary/aromatic N) is 1. The van der Waals surface area contributed by atoms with E-state index in [0.29, 0.717) is 12.5 Å². The fourth-order valence-corrected chi connectivity index (χ4v) is 5.61. The van der Waals surface area contributed by atoms with E-state index >= 15 is 0 Å². The van der Waals surface area contributed by atoms with E-state index in [-0.39, 0.29) is 12.0 Å². The van der Waals surface area contributed by atoms with Gasteiger partial charge in [-0.05, 0) is 76.9 Å². The first-order valence-electron chi connectivity index (χ1n) is 12.7. The van der Waals surface area contributed by atoms with Crippen LogP contribution < -0.4 is 19.7 Å². The first-order chi connectivity index (χ1) is 18.1. The summed E-state index contributed by atoms with van der Waals surface area (Å²) in [7, 11) is 5.02. The number of benzene rings is 3. The Balaban J connectivity index is 1.35. The molecule has 3 atom stereocenters. The fraction of sp³-hybridized carbons (Fsp3) is 0.323. The first-order valence-corrected chi connectivity index (χ1v) is 12.7. The van der Waals surface area contributed by atoms with Crippen molar-refractivity contribution in [1.29, 1.82) is 0 Å². The molecule has 1 aliphatic carbocycles. The van der Waals surface area contributed by atoms with Gasteiger partial charge in [-0.15, -0.1) is 0 Å². The zero-order chi connectivity index (χ0) is 25.8. The third kappa shape index (κ3) is 5.20. The molecule has 1 aliphatic heterocycles. The average molecular weight is 499 g/mol. The minimum atomic E-state index is 0.264. The second kappa shape index (κ2) is 11.1. The van der Waals surface area contributed by atoms with Crippen LogP contribution in [0.15, 0.2) is 72.2 Å². The van der Waals surface area contributed by atoms with Gasteiger partial charge in [0, 0.05) is 12.1 Å². The molecule has 3 aromatic rings. The number of hydroxylamine groups is 1. The van der Waals surface area contributed by atoms with Gasteiger partial charge in [0.25, 0.3) is 0 Å². The van der Waals surface area contributed by atoms with Crippen LogP contribution >= 0.6 is 0 Å². The van der Waals surface area contributed by atoms with Crippen molar-refractivity contribution < 1.29 is 19.0 Å². The third-order valence-electron chi connectivity index (χ3n) is 7.45. The van der Waals surface area contributed by atoms with Crippen LogP contribution in [-0.2, 0) is 11.4 Å². The van der Waals surface area contributed by atoms with Gasteiger partial charge in [0.2, 0.25) is 0 Å². The number of hydrogen-bond donors (Lipinski definition) is 1. The summed E-state index contributed by atoms with van der Waals surface area (Å²) in [5.41, 5.74) is 9.47. The Hall–Kier alpha value is -3.77. The van der Waals surface area contributed by atoms with Crippen LogP contribution in [-0.4, -0.2) is 33.6 Å². The van der Waals surface area contributed by atoms with E-state index in [2.05, 4.69) is 42.4 Å². The fourth-order valence-electron chi connectivity index (χ4n) is 5.61. The molecular weight excluding hydrogens is 464 g/mol. The number of hydrogen-bond acceptors (Lipinski definition) is 6. The molecule has 1 N–H and O–H groups in total. The number of fused-ring (bicyclic) bond motifs is 3. The van der Waals surface area contributed by atoms with Crippen molar-refractivity contribution in [3.63, 3.8) is 0 Å². The van der Waals surface area contributed by atoms with Gasteiger partial charge in [-0.3, -0.25) is 15.3 Å². The Labute approximate surface area is 218 Å². The summed E-state index contributed by atoms with van der Waals surface area (Å²) in [6.45, 7) is 4.63. The lowest BCUT2D eigenvalue weighted by molar-refractivity contribution is 0.0647. The van der Waals surface area contributed by atoms with Gasteiger partial charge >= 0.3 is 0 Å². The maximum absolute atomic E-state index is 5.75. The first kappa shape index (κ1) is 24.9. The molecule has 6 heteroatoms. The molecule has 0 bridgehead atoms. The minimum Gasteiger partial charge on any atom is -0.497 e. The van der Waals surface area contributed by atoms with E-state index in [4.69, 9.17) is 24.0 Å². The summed E-state index contributed by atoms with van der Waals surface area (Å²) in [5, 5.41) is 0. The number of rotatable bonds is 9. The summed E-state index contributed by atoms with van der Waals surface area (Å²) in [4.78, 5) is 10.7. The van der Waals surface area contributed by atoms with E-state index in [9.17, 15) is 0 Å². The summed E-state index contributed by atoms with van der Waals surface area (Å²) in [5.74, 6) is 2.94. The largest absolute Gasteiger partial charge is 0.497 e. The second-order valence-electron chi connectivity index (χ2n) is 9.59. The Morgan fingerprint density at radius 2 is 1.76 bits per heavy atom. The standard InChI is InChI=1S/C31H34N2O4/c1-20(33-37-19-21-8-5-11-25(14-21)34-2)22-9-6-10-23(15-22)26-12-7-13-28-31(26)27-17-30(36-4)29(35-3)16-24(27)18-32-28/h5-6,8-11,14-18,26,28,31,33H,1,7,12-13,19H2,2-4H3/t26?,28-,31-/m1/s1. The maximum atomic E-state index is 5.75. The summed E-state index contributed by atoms with van der Waals surface area (Å²) >= 11 is 0. The van der Waals surface area contributed by atoms with E-state index in [1.54, 1.807) is 21.3 Å². The Morgan fingerprint density at radius 3 is 2.57 bits per heavy atom. The molecule has 0 saturated heterocycles. The van der Waals surface area contributed by atoms with Crippen LogP contribution in [0.2, 0.25) is 0 Å². The van der Waals surface area contributed by atoms with Crippen molar-refractivity contribution in [2.24, 2.45) is 4.99 Å². The van der Waals surface area contributed by atoms with Gasteiger partial charge in [0.05, 0.1) is 39.7 Å². The average Bonchev–Trinajstić information content (AvgIpc) is 2.96. The van der Waals surface area contributed by atoms with Crippen LogP contribution in [0.25, 0.3) is 5.70 Å². The molecule has 0 aromatic heterocycles. The highest BCUT2D eigenvalue weighted by atomic mass is 16.6. The molecule has 6 nitrogen and oxygen atoms in total. The number of aliphatic imine (C=N–C) groups is 1. The lowest BCUT2D eigenvalue weighted by atomic mass is 9.67. The van der Waals surface area contributed by atoms with Crippen molar-refractivity contribution in [3.8, 4) is 17.2 Å². The lowest BCUT2D eigenvalue weighted by Gasteiger charge is -2.40. The quantitative estimate of drug-likeness (QED) is 0.353. The predicted octanol–water partition coefficient (Wildman–Crippen LogP) is 6.26. The lowest BCUT2D eigenvalue weighted by Crippen LogP contribution is -2.31. The van der Waals surface area contributed by atoms with Gasteiger partial charge in [0.15, 0.2) is 11.5 Å². The number of nitrogens with one attached hydrogen (secondary N) is 1. The molecule has 2 aliphatic rings. The SMILES string of the molecule is C=C(NOCc1cccc(OC)c1)c1cccc(C2CCC[C@H]3N=Cc4cc(OC)c(OC)cc4[C@@H]23)c1. The predicted molar refractivity (Wildman–Crippen MR) is 147 cm³/mol. The summed E-state index contributed by atoms with van der Waals surface area (Å²) in [6.07, 6.45) is 5.36. The van der Waals surface area contributed by atoms with Crippen LogP contribution in [0, 0.1) is 0 Å². The molecule has 192 valence electrons. The van der Waals surface area contributed by atoms with E-state index in [1.807, 2.05) is 36.5 Å². The Morgan fingerprint density at radius 1 is 0.946 bits per heavy atom. The van der Waals surface area contributed by atoms with Gasteiger partial charge in [-0.25, -0.2) is 0 Å². The molecular formula is C31H34N2O4.